The summed E-state index contributed by atoms with van der Waals surface area (Å²) in [4.78, 5) is 4.42. The summed E-state index contributed by atoms with van der Waals surface area (Å²) in [6.07, 6.45) is 0. The fourth-order valence-corrected chi connectivity index (χ4v) is 2.20. The molecule has 0 fully saturated rings. The maximum Gasteiger partial charge on any atom is 0.219 e. The van der Waals surface area contributed by atoms with Crippen LogP contribution in [-0.2, 0) is 6.54 Å². The Morgan fingerprint density at radius 2 is 2.00 bits per heavy atom. The van der Waals surface area contributed by atoms with Crippen molar-refractivity contribution < 1.29 is 4.74 Å². The van der Waals surface area contributed by atoms with E-state index in [1.807, 2.05) is 45.2 Å². The lowest BCUT2D eigenvalue weighted by molar-refractivity contribution is 0.457. The molecule has 0 aliphatic rings. The summed E-state index contributed by atoms with van der Waals surface area (Å²) < 4.78 is 6.89. The molecule has 0 amide bonds. The van der Waals surface area contributed by atoms with Gasteiger partial charge in [0.25, 0.3) is 0 Å². The van der Waals surface area contributed by atoms with E-state index in [1.54, 1.807) is 0 Å². The Morgan fingerprint density at radius 3 is 2.74 bits per heavy atom. The van der Waals surface area contributed by atoms with Crippen LogP contribution in [0.2, 0.25) is 0 Å². The van der Waals surface area contributed by atoms with Gasteiger partial charge in [0.1, 0.15) is 5.75 Å². The van der Waals surface area contributed by atoms with Crippen LogP contribution in [0.4, 0.5) is 0 Å². The van der Waals surface area contributed by atoms with Crippen LogP contribution >= 0.6 is 15.9 Å². The molecule has 0 unspecified atom stereocenters. The van der Waals surface area contributed by atoms with Crippen molar-refractivity contribution in [2.75, 3.05) is 7.05 Å². The minimum atomic E-state index is 0.631. The van der Waals surface area contributed by atoms with E-state index in [0.717, 1.165) is 33.6 Å². The van der Waals surface area contributed by atoms with Gasteiger partial charge in [0.2, 0.25) is 5.88 Å². The number of rotatable bonds is 4. The van der Waals surface area contributed by atoms with E-state index in [-0.39, 0.29) is 0 Å². The van der Waals surface area contributed by atoms with Crippen molar-refractivity contribution in [1.82, 2.24) is 10.3 Å². The molecule has 1 aromatic carbocycles. The maximum atomic E-state index is 5.89. The Balaban J connectivity index is 2.29. The fourth-order valence-electron chi connectivity index (χ4n) is 1.86. The van der Waals surface area contributed by atoms with Crippen molar-refractivity contribution in [2.45, 2.75) is 20.4 Å². The summed E-state index contributed by atoms with van der Waals surface area (Å²) in [5.41, 5.74) is 3.20. The summed E-state index contributed by atoms with van der Waals surface area (Å²) in [6, 6.07) is 9.99. The molecule has 0 saturated heterocycles. The predicted molar refractivity (Wildman–Crippen MR) is 80.7 cm³/mol. The van der Waals surface area contributed by atoms with Crippen molar-refractivity contribution in [2.24, 2.45) is 0 Å². The summed E-state index contributed by atoms with van der Waals surface area (Å²) in [6.45, 7) is 4.79. The standard InChI is InChI=1S/C15H17BrN2O/c1-10-4-5-13(16)8-14(10)19-15-7-12(9-17-3)6-11(2)18-15/h4-8,17H,9H2,1-3H3. The zero-order valence-corrected chi connectivity index (χ0v) is 12.9. The normalized spacial score (nSPS) is 10.5. The number of hydrogen-bond donors (Lipinski definition) is 1. The quantitative estimate of drug-likeness (QED) is 0.925. The minimum Gasteiger partial charge on any atom is -0.439 e. The molecule has 100 valence electrons. The third-order valence-corrected chi connectivity index (χ3v) is 3.23. The van der Waals surface area contributed by atoms with Gasteiger partial charge in [-0.15, -0.1) is 0 Å². The van der Waals surface area contributed by atoms with Crippen molar-refractivity contribution in [3.8, 4) is 11.6 Å². The van der Waals surface area contributed by atoms with Gasteiger partial charge in [-0.2, -0.15) is 0 Å². The van der Waals surface area contributed by atoms with Gasteiger partial charge in [0, 0.05) is 22.8 Å². The Kier molecular flexibility index (Phi) is 4.56. The number of pyridine rings is 1. The molecule has 0 aliphatic carbocycles. The second-order valence-electron chi connectivity index (χ2n) is 4.50. The third kappa shape index (κ3) is 3.78. The van der Waals surface area contributed by atoms with Crippen LogP contribution in [0.1, 0.15) is 16.8 Å². The number of nitrogens with one attached hydrogen (secondary N) is 1. The Morgan fingerprint density at radius 1 is 1.21 bits per heavy atom. The number of nitrogens with zero attached hydrogens (tertiary/aromatic N) is 1. The van der Waals surface area contributed by atoms with Gasteiger partial charge >= 0.3 is 0 Å². The Hall–Kier alpha value is -1.39. The van der Waals surface area contributed by atoms with Gasteiger partial charge in [0.05, 0.1) is 0 Å². The molecule has 1 N–H and O–H groups in total. The molecule has 4 heteroatoms. The average Bonchev–Trinajstić information content (AvgIpc) is 2.33. The van der Waals surface area contributed by atoms with Crippen LogP contribution in [0, 0.1) is 13.8 Å². The second-order valence-corrected chi connectivity index (χ2v) is 5.41. The van der Waals surface area contributed by atoms with E-state index in [4.69, 9.17) is 4.74 Å². The molecular formula is C15H17BrN2O. The number of hydrogen-bond acceptors (Lipinski definition) is 3. The van der Waals surface area contributed by atoms with Crippen LogP contribution in [0.15, 0.2) is 34.8 Å². The minimum absolute atomic E-state index is 0.631. The predicted octanol–water partition coefficient (Wildman–Crippen LogP) is 3.97. The van der Waals surface area contributed by atoms with Gasteiger partial charge < -0.3 is 10.1 Å². The SMILES string of the molecule is CNCc1cc(C)nc(Oc2cc(Br)ccc2C)c1. The van der Waals surface area contributed by atoms with Crippen LogP contribution in [0.25, 0.3) is 0 Å². The fraction of sp³-hybridized carbons (Fsp3) is 0.267. The second kappa shape index (κ2) is 6.17. The molecule has 2 rings (SSSR count). The summed E-state index contributed by atoms with van der Waals surface area (Å²) in [5, 5.41) is 3.13. The summed E-state index contributed by atoms with van der Waals surface area (Å²) >= 11 is 3.45. The molecule has 0 radical (unpaired) electrons. The van der Waals surface area contributed by atoms with Crippen molar-refractivity contribution in [3.05, 3.63) is 51.6 Å². The molecule has 1 aromatic heterocycles. The number of halogens is 1. The zero-order chi connectivity index (χ0) is 13.8. The molecular weight excluding hydrogens is 304 g/mol. The lowest BCUT2D eigenvalue weighted by atomic mass is 10.2. The van der Waals surface area contributed by atoms with Crippen molar-refractivity contribution in [1.29, 1.82) is 0 Å². The average molecular weight is 321 g/mol. The highest BCUT2D eigenvalue weighted by atomic mass is 79.9. The van der Waals surface area contributed by atoms with Gasteiger partial charge in [-0.3, -0.25) is 0 Å². The van der Waals surface area contributed by atoms with Crippen LogP contribution in [-0.4, -0.2) is 12.0 Å². The largest absolute Gasteiger partial charge is 0.439 e. The summed E-state index contributed by atoms with van der Waals surface area (Å²) in [5.74, 6) is 1.45. The number of ether oxygens (including phenoxy) is 1. The lowest BCUT2D eigenvalue weighted by Gasteiger charge is -2.10. The molecule has 0 bridgehead atoms. The van der Waals surface area contributed by atoms with Crippen LogP contribution in [0.5, 0.6) is 11.6 Å². The molecule has 0 spiro atoms. The first kappa shape index (κ1) is 14.0. The van der Waals surface area contributed by atoms with Crippen LogP contribution in [0.3, 0.4) is 0 Å². The number of aromatic nitrogens is 1. The highest BCUT2D eigenvalue weighted by Gasteiger charge is 2.05. The Bertz CT molecular complexity index is 584. The molecule has 19 heavy (non-hydrogen) atoms. The number of aryl methyl sites for hydroxylation is 2. The maximum absolute atomic E-state index is 5.89. The molecule has 1 heterocycles. The first-order valence-electron chi connectivity index (χ1n) is 6.14. The van der Waals surface area contributed by atoms with E-state index in [2.05, 4.69) is 32.3 Å². The smallest absolute Gasteiger partial charge is 0.219 e. The first-order valence-corrected chi connectivity index (χ1v) is 6.94. The van der Waals surface area contributed by atoms with E-state index >= 15 is 0 Å². The molecule has 3 nitrogen and oxygen atoms in total. The zero-order valence-electron chi connectivity index (χ0n) is 11.3. The molecule has 0 atom stereocenters. The van der Waals surface area contributed by atoms with E-state index < -0.39 is 0 Å². The lowest BCUT2D eigenvalue weighted by Crippen LogP contribution is -2.06. The highest BCUT2D eigenvalue weighted by molar-refractivity contribution is 9.10. The third-order valence-electron chi connectivity index (χ3n) is 2.74. The first-order chi connectivity index (χ1) is 9.08. The topological polar surface area (TPSA) is 34.2 Å². The van der Waals surface area contributed by atoms with Gasteiger partial charge in [-0.05, 0) is 50.2 Å². The number of benzene rings is 1. The van der Waals surface area contributed by atoms with E-state index in [1.165, 1.54) is 0 Å². The monoisotopic (exact) mass is 320 g/mol. The van der Waals surface area contributed by atoms with Crippen molar-refractivity contribution >= 4 is 15.9 Å². The van der Waals surface area contributed by atoms with Gasteiger partial charge in [-0.1, -0.05) is 22.0 Å². The van der Waals surface area contributed by atoms with E-state index in [9.17, 15) is 0 Å². The molecule has 2 aromatic rings. The van der Waals surface area contributed by atoms with Crippen LogP contribution < -0.4 is 10.1 Å². The molecule has 0 aliphatic heterocycles. The van der Waals surface area contributed by atoms with Gasteiger partial charge in [-0.25, -0.2) is 4.98 Å². The Labute approximate surface area is 122 Å². The highest BCUT2D eigenvalue weighted by Crippen LogP contribution is 2.27. The van der Waals surface area contributed by atoms with Gasteiger partial charge in [0.15, 0.2) is 0 Å². The van der Waals surface area contributed by atoms with E-state index in [0.29, 0.717) is 5.88 Å². The molecule has 0 saturated carbocycles. The van der Waals surface area contributed by atoms with Crippen molar-refractivity contribution in [3.63, 3.8) is 0 Å². The summed E-state index contributed by atoms with van der Waals surface area (Å²) in [7, 11) is 1.93.